The smallest absolute Gasteiger partial charge is 0.426 e. The number of ether oxygens (including phenoxy) is 2. The molecule has 0 atom stereocenters. The minimum absolute atomic E-state index is 0.0951. The number of hydrogen-bond donors (Lipinski definition) is 2. The van der Waals surface area contributed by atoms with E-state index in [1.54, 1.807) is 30.3 Å². The maximum atomic E-state index is 13.6. The van der Waals surface area contributed by atoms with Crippen molar-refractivity contribution in [2.75, 3.05) is 13.2 Å². The molecule has 0 saturated heterocycles. The van der Waals surface area contributed by atoms with Gasteiger partial charge in [0.15, 0.2) is 0 Å². The van der Waals surface area contributed by atoms with Crippen molar-refractivity contribution >= 4 is 23.6 Å². The second-order valence-electron chi connectivity index (χ2n) is 5.13. The van der Waals surface area contributed by atoms with Gasteiger partial charge in [0.2, 0.25) is 0 Å². The van der Waals surface area contributed by atoms with E-state index >= 15 is 0 Å². The highest BCUT2D eigenvalue weighted by Crippen LogP contribution is 2.19. The Kier molecular flexibility index (Phi) is 7.23. The largest absolute Gasteiger partial charge is 0.494 e. The fraction of sp³-hybridized carbons (Fsp3) is 0.222. The normalized spacial score (nSPS) is 10.1. The van der Waals surface area contributed by atoms with E-state index in [0.29, 0.717) is 17.9 Å². The van der Waals surface area contributed by atoms with Crippen LogP contribution in [0.1, 0.15) is 22.8 Å². The molecule has 0 radical (unpaired) electrons. The molecule has 0 aromatic heterocycles. The summed E-state index contributed by atoms with van der Waals surface area (Å²) < 4.78 is 23.8. The van der Waals surface area contributed by atoms with Crippen molar-refractivity contribution in [2.24, 2.45) is 0 Å². The average Bonchev–Trinajstić information content (AvgIpc) is 2.62. The van der Waals surface area contributed by atoms with Crippen molar-refractivity contribution in [3.05, 3.63) is 64.4 Å². The van der Waals surface area contributed by atoms with Crippen LogP contribution in [0.25, 0.3) is 0 Å². The van der Waals surface area contributed by atoms with Crippen LogP contribution in [0.15, 0.2) is 42.5 Å². The van der Waals surface area contributed by atoms with Gasteiger partial charge in [-0.25, -0.2) is 14.6 Å². The Morgan fingerprint density at radius 2 is 1.92 bits per heavy atom. The van der Waals surface area contributed by atoms with Gasteiger partial charge in [-0.3, -0.25) is 10.2 Å². The number of carbonyl (C=O) groups excluding carboxylic acids is 2. The highest BCUT2D eigenvalue weighted by molar-refractivity contribution is 6.31. The molecule has 0 fully saturated rings. The van der Waals surface area contributed by atoms with Crippen molar-refractivity contribution in [3.8, 4) is 5.75 Å². The first-order valence-electron chi connectivity index (χ1n) is 7.90. The number of hydrogen-bond acceptors (Lipinski definition) is 4. The van der Waals surface area contributed by atoms with Gasteiger partial charge in [-0.15, -0.1) is 0 Å². The number of hydrazine groups is 1. The molecule has 0 heterocycles. The fourth-order valence-electron chi connectivity index (χ4n) is 2.13. The number of rotatable bonds is 6. The molecule has 2 rings (SSSR count). The summed E-state index contributed by atoms with van der Waals surface area (Å²) in [6.07, 6.45) is -0.754. The number of halogens is 2. The van der Waals surface area contributed by atoms with Gasteiger partial charge in [-0.1, -0.05) is 23.7 Å². The summed E-state index contributed by atoms with van der Waals surface area (Å²) in [5, 5.41) is 0.261. The molecule has 0 aliphatic heterocycles. The van der Waals surface area contributed by atoms with Crippen LogP contribution in [0.4, 0.5) is 9.18 Å². The molecular weight excluding hydrogens is 363 g/mol. The third kappa shape index (κ3) is 5.63. The van der Waals surface area contributed by atoms with Gasteiger partial charge >= 0.3 is 6.09 Å². The lowest BCUT2D eigenvalue weighted by molar-refractivity contribution is 0.0910. The predicted octanol–water partition coefficient (Wildman–Crippen LogP) is 3.49. The Balaban J connectivity index is 1.78. The number of amides is 2. The van der Waals surface area contributed by atoms with Crippen molar-refractivity contribution in [1.82, 2.24) is 10.9 Å². The van der Waals surface area contributed by atoms with E-state index in [1.165, 1.54) is 12.1 Å². The van der Waals surface area contributed by atoms with Gasteiger partial charge in [0.25, 0.3) is 5.91 Å². The zero-order chi connectivity index (χ0) is 18.9. The van der Waals surface area contributed by atoms with E-state index in [2.05, 4.69) is 10.9 Å². The summed E-state index contributed by atoms with van der Waals surface area (Å²) in [5.74, 6) is -0.450. The second kappa shape index (κ2) is 9.62. The number of carbonyl (C=O) groups is 2. The zero-order valence-electron chi connectivity index (χ0n) is 14.1. The van der Waals surface area contributed by atoms with Crippen LogP contribution in [-0.2, 0) is 11.2 Å². The van der Waals surface area contributed by atoms with Crippen molar-refractivity contribution in [1.29, 1.82) is 0 Å². The van der Waals surface area contributed by atoms with E-state index < -0.39 is 17.8 Å². The van der Waals surface area contributed by atoms with Gasteiger partial charge in [0.05, 0.1) is 13.2 Å². The standard InChI is InChI=1S/C18H18ClFN2O4/c1-2-25-13-6-3-5-12(11-13)17(23)21-22-18(24)26-10-9-14-15(19)7-4-8-16(14)20/h3-8,11H,2,9-10H2,1H3,(H,21,23)(H,22,24). The highest BCUT2D eigenvalue weighted by Gasteiger charge is 2.11. The molecule has 0 saturated carbocycles. The molecule has 6 nitrogen and oxygen atoms in total. The van der Waals surface area contributed by atoms with E-state index in [1.807, 2.05) is 6.92 Å². The molecular formula is C18H18ClFN2O4. The Morgan fingerprint density at radius 1 is 1.15 bits per heavy atom. The second-order valence-corrected chi connectivity index (χ2v) is 5.53. The quantitative estimate of drug-likeness (QED) is 0.752. The molecule has 138 valence electrons. The predicted molar refractivity (Wildman–Crippen MR) is 94.7 cm³/mol. The number of nitrogens with one attached hydrogen (secondary N) is 2. The van der Waals surface area contributed by atoms with Crippen molar-refractivity contribution < 1.29 is 23.5 Å². The third-order valence-electron chi connectivity index (χ3n) is 3.33. The Hall–Kier alpha value is -2.80. The maximum absolute atomic E-state index is 13.6. The summed E-state index contributed by atoms with van der Waals surface area (Å²) in [7, 11) is 0. The molecule has 8 heteroatoms. The number of benzene rings is 2. The van der Waals surface area contributed by atoms with Crippen molar-refractivity contribution in [3.63, 3.8) is 0 Å². The minimum atomic E-state index is -0.869. The molecule has 0 bridgehead atoms. The fourth-order valence-corrected chi connectivity index (χ4v) is 2.38. The lowest BCUT2D eigenvalue weighted by atomic mass is 10.1. The van der Waals surface area contributed by atoms with Crippen LogP contribution in [0.2, 0.25) is 5.02 Å². The van der Waals surface area contributed by atoms with Crippen LogP contribution in [0, 0.1) is 5.82 Å². The first-order valence-corrected chi connectivity index (χ1v) is 8.28. The topological polar surface area (TPSA) is 76.7 Å². The molecule has 0 unspecified atom stereocenters. The molecule has 0 aliphatic carbocycles. The molecule has 2 aromatic rings. The van der Waals surface area contributed by atoms with E-state index in [9.17, 15) is 14.0 Å². The molecule has 2 aromatic carbocycles. The lowest BCUT2D eigenvalue weighted by Crippen LogP contribution is -2.42. The monoisotopic (exact) mass is 380 g/mol. The van der Waals surface area contributed by atoms with Gasteiger partial charge in [-0.2, -0.15) is 0 Å². The molecule has 2 amide bonds. The van der Waals surface area contributed by atoms with Crippen LogP contribution in [0.3, 0.4) is 0 Å². The highest BCUT2D eigenvalue weighted by atomic mass is 35.5. The summed E-state index contributed by atoms with van der Waals surface area (Å²) >= 11 is 5.89. The molecule has 0 spiro atoms. The van der Waals surface area contributed by atoms with Crippen LogP contribution in [0.5, 0.6) is 5.75 Å². The SMILES string of the molecule is CCOc1cccc(C(=O)NNC(=O)OCCc2c(F)cccc2Cl)c1. The molecule has 2 N–H and O–H groups in total. The van der Waals surface area contributed by atoms with E-state index in [0.717, 1.165) is 0 Å². The van der Waals surface area contributed by atoms with Crippen molar-refractivity contribution in [2.45, 2.75) is 13.3 Å². The Bertz CT molecular complexity index is 765. The van der Waals surface area contributed by atoms with Gasteiger partial charge < -0.3 is 9.47 Å². The minimum Gasteiger partial charge on any atom is -0.494 e. The van der Waals surface area contributed by atoms with Crippen LogP contribution >= 0.6 is 11.6 Å². The summed E-state index contributed by atoms with van der Waals surface area (Å²) in [5.41, 5.74) is 4.92. The van der Waals surface area contributed by atoms with E-state index in [4.69, 9.17) is 21.1 Å². The van der Waals surface area contributed by atoms with Gasteiger partial charge in [-0.05, 0) is 37.3 Å². The zero-order valence-corrected chi connectivity index (χ0v) is 14.8. The lowest BCUT2D eigenvalue weighted by Gasteiger charge is -2.10. The maximum Gasteiger partial charge on any atom is 0.426 e. The summed E-state index contributed by atoms with van der Waals surface area (Å²) in [4.78, 5) is 23.6. The average molecular weight is 381 g/mol. The van der Waals surface area contributed by atoms with E-state index in [-0.39, 0.29) is 23.6 Å². The summed E-state index contributed by atoms with van der Waals surface area (Å²) in [6.45, 7) is 2.21. The first kappa shape index (κ1) is 19.5. The third-order valence-corrected chi connectivity index (χ3v) is 3.69. The van der Waals surface area contributed by atoms with Gasteiger partial charge in [0.1, 0.15) is 11.6 Å². The summed E-state index contributed by atoms with van der Waals surface area (Å²) in [6, 6.07) is 10.8. The first-order chi connectivity index (χ1) is 12.5. The molecule has 26 heavy (non-hydrogen) atoms. The molecule has 0 aliphatic rings. The Morgan fingerprint density at radius 3 is 2.65 bits per heavy atom. The Labute approximate surface area is 155 Å². The van der Waals surface area contributed by atoms with Crippen LogP contribution < -0.4 is 15.6 Å². The van der Waals surface area contributed by atoms with Crippen LogP contribution in [-0.4, -0.2) is 25.2 Å². The van der Waals surface area contributed by atoms with Gasteiger partial charge in [0, 0.05) is 22.6 Å².